The smallest absolute Gasteiger partial charge is 0.0988 e. The molecule has 1 aromatic carbocycles. The van der Waals surface area contributed by atoms with Crippen molar-refractivity contribution >= 4 is 34.4 Å². The second-order valence-corrected chi connectivity index (χ2v) is 4.41. The highest BCUT2D eigenvalue weighted by Gasteiger charge is 1.93. The molecule has 3 heteroatoms. The van der Waals surface area contributed by atoms with Gasteiger partial charge in [-0.15, -0.1) is 11.8 Å². The molecule has 0 fully saturated rings. The molecule has 11 heavy (non-hydrogen) atoms. The average molecular weight is 282 g/mol. The summed E-state index contributed by atoms with van der Waals surface area (Å²) in [6.45, 7) is -0.254. The summed E-state index contributed by atoms with van der Waals surface area (Å²) in [6, 6.07) is 8.08. The minimum Gasteiger partial charge on any atom is -0.250 e. The summed E-state index contributed by atoms with van der Waals surface area (Å²) in [5.74, 6) is 0.556. The van der Waals surface area contributed by atoms with Crippen molar-refractivity contribution in [3.63, 3.8) is 0 Å². The molecule has 0 aliphatic heterocycles. The van der Waals surface area contributed by atoms with Gasteiger partial charge in [-0.2, -0.15) is 0 Å². The first-order chi connectivity index (χ1) is 5.33. The highest BCUT2D eigenvalue weighted by atomic mass is 127. The van der Waals surface area contributed by atoms with Crippen LogP contribution in [0.2, 0.25) is 0 Å². The molecule has 0 aromatic heterocycles. The molecule has 0 saturated carbocycles. The van der Waals surface area contributed by atoms with Gasteiger partial charge in [-0.05, 0) is 40.8 Å². The Balaban J connectivity index is 2.56. The van der Waals surface area contributed by atoms with Crippen molar-refractivity contribution in [2.45, 2.75) is 4.90 Å². The second kappa shape index (κ2) is 4.98. The van der Waals surface area contributed by atoms with E-state index in [1.54, 1.807) is 11.8 Å². The van der Waals surface area contributed by atoms with E-state index >= 15 is 0 Å². The number of alkyl halides is 1. The second-order valence-electron chi connectivity index (χ2n) is 1.99. The fourth-order valence-electron chi connectivity index (χ4n) is 0.713. The van der Waals surface area contributed by atoms with Crippen molar-refractivity contribution in [2.75, 3.05) is 12.4 Å². The molecule has 0 unspecified atom stereocenters. The number of benzene rings is 1. The number of thioether (sulfide) groups is 1. The fraction of sp³-hybridized carbons (Fsp3) is 0.250. The van der Waals surface area contributed by atoms with Crippen molar-refractivity contribution in [1.82, 2.24) is 0 Å². The molecule has 60 valence electrons. The Morgan fingerprint density at radius 2 is 2.27 bits per heavy atom. The lowest BCUT2D eigenvalue weighted by Gasteiger charge is -1.97. The molecular weight excluding hydrogens is 274 g/mol. The molecule has 0 heterocycles. The highest BCUT2D eigenvalue weighted by Crippen LogP contribution is 2.19. The van der Waals surface area contributed by atoms with E-state index < -0.39 is 0 Å². The lowest BCUT2D eigenvalue weighted by atomic mass is 10.4. The van der Waals surface area contributed by atoms with Crippen molar-refractivity contribution in [3.05, 3.63) is 27.8 Å². The van der Waals surface area contributed by atoms with Crippen LogP contribution in [0.1, 0.15) is 0 Å². The fourth-order valence-corrected chi connectivity index (χ4v) is 2.17. The summed E-state index contributed by atoms with van der Waals surface area (Å²) in [5, 5.41) is 0. The molecule has 0 radical (unpaired) electrons. The van der Waals surface area contributed by atoms with Gasteiger partial charge in [-0.25, -0.2) is 0 Å². The zero-order chi connectivity index (χ0) is 8.10. The number of hydrogen-bond acceptors (Lipinski definition) is 1. The molecule has 0 atom stereocenters. The molecule has 0 aliphatic carbocycles. The summed E-state index contributed by atoms with van der Waals surface area (Å²) in [6.07, 6.45) is 0. The highest BCUT2D eigenvalue weighted by molar-refractivity contribution is 14.1. The van der Waals surface area contributed by atoms with Crippen LogP contribution in [0.5, 0.6) is 0 Å². The summed E-state index contributed by atoms with van der Waals surface area (Å²) in [5.41, 5.74) is 0. The van der Waals surface area contributed by atoms with Crippen LogP contribution < -0.4 is 0 Å². The monoisotopic (exact) mass is 282 g/mol. The molecular formula is C8H8FIS. The van der Waals surface area contributed by atoms with E-state index in [9.17, 15) is 4.39 Å². The molecule has 0 aliphatic rings. The summed E-state index contributed by atoms with van der Waals surface area (Å²) >= 11 is 3.80. The van der Waals surface area contributed by atoms with Gasteiger partial charge in [0.15, 0.2) is 0 Å². The maximum absolute atomic E-state index is 11.8. The van der Waals surface area contributed by atoms with Gasteiger partial charge in [0.25, 0.3) is 0 Å². The number of rotatable bonds is 3. The lowest BCUT2D eigenvalue weighted by Crippen LogP contribution is -1.80. The van der Waals surface area contributed by atoms with Crippen LogP contribution >= 0.6 is 34.4 Å². The predicted molar refractivity (Wildman–Crippen MR) is 55.9 cm³/mol. The number of hydrogen-bond donors (Lipinski definition) is 0. The standard InChI is InChI=1S/C8H8FIS/c9-4-5-11-8-3-1-2-7(10)6-8/h1-3,6H,4-5H2. The Hall–Kier alpha value is 0.230. The maximum atomic E-state index is 11.8. The first-order valence-corrected chi connectivity index (χ1v) is 5.33. The van der Waals surface area contributed by atoms with E-state index in [0.717, 1.165) is 4.90 Å². The van der Waals surface area contributed by atoms with Crippen LogP contribution in [0.3, 0.4) is 0 Å². The summed E-state index contributed by atoms with van der Waals surface area (Å²) in [7, 11) is 0. The molecule has 1 rings (SSSR count). The zero-order valence-corrected chi connectivity index (χ0v) is 8.86. The molecule has 0 spiro atoms. The molecule has 0 amide bonds. The van der Waals surface area contributed by atoms with Gasteiger partial charge in [0.2, 0.25) is 0 Å². The van der Waals surface area contributed by atoms with Gasteiger partial charge in [0.05, 0.1) is 6.67 Å². The van der Waals surface area contributed by atoms with E-state index in [1.165, 1.54) is 3.57 Å². The third-order valence-electron chi connectivity index (χ3n) is 1.14. The lowest BCUT2D eigenvalue weighted by molar-refractivity contribution is 0.533. The molecule has 0 saturated heterocycles. The number of halogens is 2. The third-order valence-corrected chi connectivity index (χ3v) is 2.76. The average Bonchev–Trinajstić information content (AvgIpc) is 2.01. The van der Waals surface area contributed by atoms with E-state index in [1.807, 2.05) is 18.2 Å². The predicted octanol–water partition coefficient (Wildman–Crippen LogP) is 3.35. The molecule has 0 N–H and O–H groups in total. The Morgan fingerprint density at radius 1 is 1.45 bits per heavy atom. The van der Waals surface area contributed by atoms with Crippen LogP contribution in [0.4, 0.5) is 4.39 Å². The van der Waals surface area contributed by atoms with E-state index in [4.69, 9.17) is 0 Å². The van der Waals surface area contributed by atoms with Gasteiger partial charge in [-0.1, -0.05) is 6.07 Å². The SMILES string of the molecule is FCCSc1cccc(I)c1. The van der Waals surface area contributed by atoms with Gasteiger partial charge in [0.1, 0.15) is 0 Å². The largest absolute Gasteiger partial charge is 0.250 e. The van der Waals surface area contributed by atoms with Crippen LogP contribution in [0, 0.1) is 3.57 Å². The van der Waals surface area contributed by atoms with Gasteiger partial charge >= 0.3 is 0 Å². The van der Waals surface area contributed by atoms with E-state index in [-0.39, 0.29) is 6.67 Å². The first kappa shape index (κ1) is 9.32. The molecule has 0 bridgehead atoms. The molecule has 1 aromatic rings. The molecule has 0 nitrogen and oxygen atoms in total. The van der Waals surface area contributed by atoms with Crippen LogP contribution in [0.25, 0.3) is 0 Å². The zero-order valence-electron chi connectivity index (χ0n) is 5.89. The third kappa shape index (κ3) is 3.42. The van der Waals surface area contributed by atoms with Crippen molar-refractivity contribution in [2.24, 2.45) is 0 Å². The summed E-state index contributed by atoms with van der Waals surface area (Å²) in [4.78, 5) is 1.15. The Labute approximate surface area is 83.7 Å². The van der Waals surface area contributed by atoms with Crippen LogP contribution in [0.15, 0.2) is 29.2 Å². The first-order valence-electron chi connectivity index (χ1n) is 3.27. The Morgan fingerprint density at radius 3 is 2.91 bits per heavy atom. The van der Waals surface area contributed by atoms with E-state index in [2.05, 4.69) is 28.7 Å². The van der Waals surface area contributed by atoms with Gasteiger partial charge in [0, 0.05) is 14.2 Å². The Bertz CT molecular complexity index is 227. The van der Waals surface area contributed by atoms with E-state index in [0.29, 0.717) is 5.75 Å². The van der Waals surface area contributed by atoms with Crippen molar-refractivity contribution in [1.29, 1.82) is 0 Å². The van der Waals surface area contributed by atoms with Crippen LogP contribution in [-0.4, -0.2) is 12.4 Å². The topological polar surface area (TPSA) is 0 Å². The van der Waals surface area contributed by atoms with Crippen molar-refractivity contribution in [3.8, 4) is 0 Å². The van der Waals surface area contributed by atoms with Gasteiger partial charge < -0.3 is 0 Å². The quantitative estimate of drug-likeness (QED) is 0.605. The summed E-state index contributed by atoms with van der Waals surface area (Å²) < 4.78 is 13.0. The van der Waals surface area contributed by atoms with Gasteiger partial charge in [-0.3, -0.25) is 4.39 Å². The minimum absolute atomic E-state index is 0.254. The normalized spacial score (nSPS) is 10.0. The van der Waals surface area contributed by atoms with Crippen LogP contribution in [-0.2, 0) is 0 Å². The Kier molecular flexibility index (Phi) is 4.22. The van der Waals surface area contributed by atoms with Crippen molar-refractivity contribution < 1.29 is 4.39 Å². The minimum atomic E-state index is -0.254. The maximum Gasteiger partial charge on any atom is 0.0988 e.